The van der Waals surface area contributed by atoms with Gasteiger partial charge in [-0.05, 0) is 19.1 Å². The first-order chi connectivity index (χ1) is 10.5. The van der Waals surface area contributed by atoms with Gasteiger partial charge in [0.25, 0.3) is 17.9 Å². The van der Waals surface area contributed by atoms with Crippen LogP contribution in [0.5, 0.6) is 0 Å². The minimum absolute atomic E-state index is 0.203. The normalized spacial score (nSPS) is 12.0. The highest BCUT2D eigenvalue weighted by Gasteiger charge is 2.14. The van der Waals surface area contributed by atoms with Crippen molar-refractivity contribution in [2.75, 3.05) is 5.75 Å². The zero-order chi connectivity index (χ0) is 17.7. The standard InChI is InChI=1S/C12H16N2O3S.H3O4P/c1-2-13-10-14(8-5-9-18(15,16)17)12-7-4-3-6-11(12)13;1-5(2,3)4/h3-4,6-7,10H,2,5,8-9H2,1H3;(H3,1,2,3,4). The number of aromatic nitrogens is 2. The summed E-state index contributed by atoms with van der Waals surface area (Å²) in [6.07, 6.45) is 2.38. The molecule has 0 unspecified atom stereocenters. The number of benzene rings is 1. The Hall–Kier alpha value is -1.29. The van der Waals surface area contributed by atoms with Gasteiger partial charge in [-0.3, -0.25) is 9.12 Å². The monoisotopic (exact) mass is 366 g/mol. The Morgan fingerprint density at radius 2 is 1.87 bits per heavy atom. The van der Waals surface area contributed by atoms with Crippen LogP contribution in [0.25, 0.3) is 11.0 Å². The maximum Gasteiger partial charge on any atom is 0.265 e. The van der Waals surface area contributed by atoms with E-state index in [1.807, 2.05) is 35.2 Å². The summed E-state index contributed by atoms with van der Waals surface area (Å²) in [6, 6.07) is 7.99. The summed E-state index contributed by atoms with van der Waals surface area (Å²) < 4.78 is 43.0. The zero-order valence-electron chi connectivity index (χ0n) is 12.4. The third kappa shape index (κ3) is 7.69. The molecule has 0 fully saturated rings. The van der Waals surface area contributed by atoms with Crippen LogP contribution in [0.2, 0.25) is 0 Å². The number of para-hydroxylation sites is 2. The molecule has 0 atom stereocenters. The second kappa shape index (κ2) is 8.00. The van der Waals surface area contributed by atoms with Crippen molar-refractivity contribution in [1.29, 1.82) is 0 Å². The van der Waals surface area contributed by atoms with E-state index in [0.29, 0.717) is 13.0 Å². The smallest absolute Gasteiger partial charge is 0.265 e. The van der Waals surface area contributed by atoms with Crippen molar-refractivity contribution in [2.24, 2.45) is 0 Å². The van der Waals surface area contributed by atoms with Gasteiger partial charge in [-0.25, -0.2) is 9.13 Å². The van der Waals surface area contributed by atoms with Crippen LogP contribution in [0, 0.1) is 0 Å². The first-order valence-corrected chi connectivity index (χ1v) is 9.84. The predicted molar refractivity (Wildman–Crippen MR) is 80.9 cm³/mol. The largest absolute Gasteiger partial charge is 0.756 e. The van der Waals surface area contributed by atoms with E-state index in [9.17, 15) is 8.42 Å². The number of aryl methyl sites for hydroxylation is 2. The molecule has 9 nitrogen and oxygen atoms in total. The molecule has 0 saturated heterocycles. The first-order valence-electron chi connectivity index (χ1n) is 6.70. The summed E-state index contributed by atoms with van der Waals surface area (Å²) in [5, 5.41) is 0. The van der Waals surface area contributed by atoms with Crippen molar-refractivity contribution >= 4 is 29.0 Å². The molecule has 0 aliphatic rings. The van der Waals surface area contributed by atoms with Crippen LogP contribution in [0.3, 0.4) is 0 Å². The van der Waals surface area contributed by atoms with Crippen LogP contribution in [-0.4, -0.2) is 33.1 Å². The number of rotatable bonds is 5. The minimum Gasteiger partial charge on any atom is -0.756 e. The molecule has 1 heterocycles. The molecule has 130 valence electrons. The van der Waals surface area contributed by atoms with Crippen LogP contribution in [0.4, 0.5) is 0 Å². The fourth-order valence-corrected chi connectivity index (χ4v) is 2.58. The Morgan fingerprint density at radius 1 is 1.30 bits per heavy atom. The van der Waals surface area contributed by atoms with Gasteiger partial charge in [-0.15, -0.1) is 0 Å². The number of fused-ring (bicyclic) bond motifs is 1. The van der Waals surface area contributed by atoms with E-state index >= 15 is 0 Å². The van der Waals surface area contributed by atoms with E-state index in [0.717, 1.165) is 17.6 Å². The van der Waals surface area contributed by atoms with E-state index in [1.54, 1.807) is 0 Å². The van der Waals surface area contributed by atoms with Crippen LogP contribution in [0.15, 0.2) is 30.6 Å². The predicted octanol–water partition coefficient (Wildman–Crippen LogP) is -0.334. The maximum atomic E-state index is 10.7. The Bertz CT molecular complexity index is 789. The van der Waals surface area contributed by atoms with Gasteiger partial charge in [0.15, 0.2) is 11.0 Å². The Morgan fingerprint density at radius 3 is 2.39 bits per heavy atom. The summed E-state index contributed by atoms with van der Waals surface area (Å²) in [4.78, 5) is 22.9. The summed E-state index contributed by atoms with van der Waals surface area (Å²) in [6.45, 7) is 3.51. The van der Waals surface area contributed by atoms with Crippen molar-refractivity contribution in [1.82, 2.24) is 4.57 Å². The second-order valence-corrected chi connectivity index (χ2v) is 7.27. The van der Waals surface area contributed by atoms with Crippen LogP contribution in [-0.2, 0) is 27.8 Å². The highest BCUT2D eigenvalue weighted by Crippen LogP contribution is 2.19. The highest BCUT2D eigenvalue weighted by molar-refractivity contribution is 7.85. The van der Waals surface area contributed by atoms with Crippen molar-refractivity contribution in [2.45, 2.75) is 26.4 Å². The molecule has 1 aromatic carbocycles. The van der Waals surface area contributed by atoms with E-state index in [-0.39, 0.29) is 5.75 Å². The zero-order valence-corrected chi connectivity index (χ0v) is 14.2. The topological polar surface area (TPSA) is 144 Å². The van der Waals surface area contributed by atoms with E-state index in [1.165, 1.54) is 0 Å². The molecule has 0 saturated carbocycles. The van der Waals surface area contributed by atoms with Crippen molar-refractivity contribution < 1.29 is 36.8 Å². The van der Waals surface area contributed by atoms with Crippen molar-refractivity contribution in [3.63, 3.8) is 0 Å². The van der Waals surface area contributed by atoms with Gasteiger partial charge in [0.05, 0.1) is 18.8 Å². The molecule has 0 aliphatic heterocycles. The van der Waals surface area contributed by atoms with E-state index < -0.39 is 17.9 Å². The number of hydrogen-bond acceptors (Lipinski definition) is 4. The maximum absolute atomic E-state index is 10.7. The number of hydrogen-bond donors (Lipinski definition) is 3. The average molecular weight is 366 g/mol. The fourth-order valence-electron chi connectivity index (χ4n) is 2.09. The van der Waals surface area contributed by atoms with E-state index in [2.05, 4.69) is 11.5 Å². The van der Waals surface area contributed by atoms with Gasteiger partial charge in [-0.1, -0.05) is 12.1 Å². The molecular weight excluding hydrogens is 347 g/mol. The molecule has 1 aromatic heterocycles. The molecule has 0 spiro atoms. The van der Waals surface area contributed by atoms with Gasteiger partial charge in [0, 0.05) is 6.42 Å². The number of nitrogens with zero attached hydrogens (tertiary/aromatic N) is 2. The molecule has 0 amide bonds. The number of imidazole rings is 1. The molecule has 0 radical (unpaired) electrons. The fraction of sp³-hybridized carbons (Fsp3) is 0.417. The Kier molecular flexibility index (Phi) is 6.87. The molecule has 3 N–H and O–H groups in total. The SMILES string of the molecule is CCn1c[n+](CCCS(=O)(=O)O)c2ccccc21.O=P([O-])(O)O. The average Bonchev–Trinajstić information content (AvgIpc) is 2.74. The molecule has 0 bridgehead atoms. The molecule has 11 heteroatoms. The molecule has 0 aliphatic carbocycles. The lowest BCUT2D eigenvalue weighted by molar-refractivity contribution is -0.672. The Balaban J connectivity index is 0.000000463. The quantitative estimate of drug-likeness (QED) is 0.373. The third-order valence-corrected chi connectivity index (χ3v) is 3.73. The lowest BCUT2D eigenvalue weighted by atomic mass is 10.3. The molecular formula is C12H19N2O7PS. The van der Waals surface area contributed by atoms with E-state index in [4.69, 9.17) is 23.8 Å². The molecule has 2 rings (SSSR count). The second-order valence-electron chi connectivity index (χ2n) is 4.71. The lowest BCUT2D eigenvalue weighted by Crippen LogP contribution is -2.33. The van der Waals surface area contributed by atoms with Gasteiger partial charge in [0.1, 0.15) is 0 Å². The number of phosphoric acid groups is 1. The van der Waals surface area contributed by atoms with Gasteiger partial charge in [-0.2, -0.15) is 8.42 Å². The summed E-state index contributed by atoms with van der Waals surface area (Å²) in [7, 11) is -8.76. The highest BCUT2D eigenvalue weighted by atomic mass is 32.2. The van der Waals surface area contributed by atoms with Crippen molar-refractivity contribution in [3.05, 3.63) is 30.6 Å². The molecule has 2 aromatic rings. The van der Waals surface area contributed by atoms with Gasteiger partial charge < -0.3 is 14.7 Å². The summed E-state index contributed by atoms with van der Waals surface area (Å²) >= 11 is 0. The van der Waals surface area contributed by atoms with Gasteiger partial charge >= 0.3 is 0 Å². The summed E-state index contributed by atoms with van der Waals surface area (Å²) in [5.41, 5.74) is 2.21. The lowest BCUT2D eigenvalue weighted by Gasteiger charge is -2.01. The van der Waals surface area contributed by atoms with Gasteiger partial charge in [0.2, 0.25) is 6.33 Å². The Labute approximate surface area is 133 Å². The molecule has 23 heavy (non-hydrogen) atoms. The first kappa shape index (κ1) is 19.8. The van der Waals surface area contributed by atoms with Crippen LogP contribution < -0.4 is 9.46 Å². The van der Waals surface area contributed by atoms with Crippen LogP contribution >= 0.6 is 7.82 Å². The summed E-state index contributed by atoms with van der Waals surface area (Å²) in [5.74, 6) is -0.203. The minimum atomic E-state index is -4.89. The third-order valence-electron chi connectivity index (χ3n) is 2.92. The van der Waals surface area contributed by atoms with Crippen molar-refractivity contribution in [3.8, 4) is 0 Å². The van der Waals surface area contributed by atoms with Crippen LogP contribution in [0.1, 0.15) is 13.3 Å².